The predicted octanol–water partition coefficient (Wildman–Crippen LogP) is 5.89. The van der Waals surface area contributed by atoms with Gasteiger partial charge in [0, 0.05) is 25.7 Å². The highest BCUT2D eigenvalue weighted by Crippen LogP contribution is 2.51. The third kappa shape index (κ3) is 3.77. The van der Waals surface area contributed by atoms with Gasteiger partial charge in [-0.25, -0.2) is 0 Å². The smallest absolute Gasteiger partial charge is 0.283 e. The minimum atomic E-state index is -5.05. The summed E-state index contributed by atoms with van der Waals surface area (Å²) in [4.78, 5) is 0. The summed E-state index contributed by atoms with van der Waals surface area (Å²) in [6.45, 7) is 0. The second kappa shape index (κ2) is 7.87. The van der Waals surface area contributed by atoms with Crippen molar-refractivity contribution in [1.29, 1.82) is 0 Å². The molecule has 0 aliphatic heterocycles. The fraction of sp³-hybridized carbons (Fsp3) is 0.0526. The first-order valence-electron chi connectivity index (χ1n) is 7.89. The Balaban J connectivity index is 2.61. The van der Waals surface area contributed by atoms with E-state index in [2.05, 4.69) is 0 Å². The van der Waals surface area contributed by atoms with Crippen molar-refractivity contribution < 1.29 is 23.2 Å². The standard InChI is InChI=1S/C19H12Cl4O5S/c20-12-3-1-2-10(6-12)19(29(26,27)28,11-4-5-16(24)17(25)7-11)18-14(22)8-13(21)9-15(18)23/h1-9,24-25H,(H,26,27,28). The van der Waals surface area contributed by atoms with Crippen LogP contribution in [0.5, 0.6) is 11.5 Å². The molecule has 0 amide bonds. The summed E-state index contributed by atoms with van der Waals surface area (Å²) < 4.78 is 34.0. The molecule has 0 spiro atoms. The molecule has 0 bridgehead atoms. The molecule has 0 heterocycles. The van der Waals surface area contributed by atoms with E-state index in [1.165, 1.54) is 42.5 Å². The third-order valence-electron chi connectivity index (χ3n) is 4.36. The molecule has 3 rings (SSSR count). The van der Waals surface area contributed by atoms with Crippen LogP contribution >= 0.6 is 46.4 Å². The fourth-order valence-corrected chi connectivity index (χ4v) is 5.94. The Morgan fingerprint density at radius 1 is 0.724 bits per heavy atom. The summed E-state index contributed by atoms with van der Waals surface area (Å²) in [7, 11) is -5.05. The van der Waals surface area contributed by atoms with Crippen LogP contribution in [0.25, 0.3) is 0 Å². The van der Waals surface area contributed by atoms with E-state index < -0.39 is 26.4 Å². The summed E-state index contributed by atoms with van der Waals surface area (Å²) in [5.41, 5.74) is -0.326. The summed E-state index contributed by atoms with van der Waals surface area (Å²) in [6.07, 6.45) is 0. The normalized spacial score (nSPS) is 13.8. The van der Waals surface area contributed by atoms with Crippen molar-refractivity contribution in [2.45, 2.75) is 4.75 Å². The average molecular weight is 494 g/mol. The lowest BCUT2D eigenvalue weighted by molar-refractivity contribution is 0.402. The molecule has 5 nitrogen and oxygen atoms in total. The van der Waals surface area contributed by atoms with Crippen LogP contribution < -0.4 is 0 Å². The van der Waals surface area contributed by atoms with E-state index in [9.17, 15) is 23.2 Å². The molecule has 3 aromatic carbocycles. The molecule has 3 aromatic rings. The molecule has 0 saturated carbocycles. The second-order valence-electron chi connectivity index (χ2n) is 6.11. The number of rotatable bonds is 4. The zero-order valence-corrected chi connectivity index (χ0v) is 18.1. The highest BCUT2D eigenvalue weighted by molar-refractivity contribution is 7.87. The van der Waals surface area contributed by atoms with E-state index in [1.54, 1.807) is 0 Å². The molecular weight excluding hydrogens is 482 g/mol. The maximum atomic E-state index is 13.0. The molecule has 0 aliphatic carbocycles. The fourth-order valence-electron chi connectivity index (χ4n) is 3.21. The van der Waals surface area contributed by atoms with Crippen LogP contribution in [-0.2, 0) is 14.9 Å². The molecule has 0 aromatic heterocycles. The Morgan fingerprint density at radius 2 is 1.31 bits per heavy atom. The lowest BCUT2D eigenvalue weighted by Gasteiger charge is -2.34. The van der Waals surface area contributed by atoms with E-state index in [-0.39, 0.29) is 36.8 Å². The van der Waals surface area contributed by atoms with Gasteiger partial charge in [0.25, 0.3) is 10.1 Å². The van der Waals surface area contributed by atoms with E-state index in [0.717, 1.165) is 12.1 Å². The van der Waals surface area contributed by atoms with Crippen molar-refractivity contribution >= 4 is 56.5 Å². The van der Waals surface area contributed by atoms with Gasteiger partial charge in [-0.05, 0) is 47.5 Å². The molecule has 0 fully saturated rings. The van der Waals surface area contributed by atoms with Crippen LogP contribution in [0.1, 0.15) is 16.7 Å². The molecular formula is C19H12Cl4O5S. The lowest BCUT2D eigenvalue weighted by Crippen LogP contribution is -2.39. The van der Waals surface area contributed by atoms with Crippen LogP contribution in [0.3, 0.4) is 0 Å². The Labute approximate surface area is 186 Å². The zero-order valence-electron chi connectivity index (χ0n) is 14.3. The topological polar surface area (TPSA) is 94.8 Å². The van der Waals surface area contributed by atoms with E-state index >= 15 is 0 Å². The number of phenolic OH excluding ortho intramolecular Hbond substituents is 2. The number of aromatic hydroxyl groups is 2. The summed E-state index contributed by atoms with van der Waals surface area (Å²) in [6, 6.07) is 11.5. The van der Waals surface area contributed by atoms with Crippen LogP contribution in [0.2, 0.25) is 20.1 Å². The molecule has 0 saturated heterocycles. The number of halogens is 4. The number of phenols is 2. The van der Waals surface area contributed by atoms with Crippen LogP contribution in [0.4, 0.5) is 0 Å². The highest BCUT2D eigenvalue weighted by atomic mass is 35.5. The van der Waals surface area contributed by atoms with Gasteiger partial charge in [-0.3, -0.25) is 4.55 Å². The van der Waals surface area contributed by atoms with Crippen molar-refractivity contribution in [2.24, 2.45) is 0 Å². The quantitative estimate of drug-likeness (QED) is 0.239. The number of benzene rings is 3. The highest BCUT2D eigenvalue weighted by Gasteiger charge is 2.51. The summed E-state index contributed by atoms with van der Waals surface area (Å²) in [5, 5.41) is 19.7. The van der Waals surface area contributed by atoms with Gasteiger partial charge in [0.1, 0.15) is 0 Å². The van der Waals surface area contributed by atoms with Crippen LogP contribution in [-0.4, -0.2) is 23.2 Å². The van der Waals surface area contributed by atoms with Gasteiger partial charge in [0.05, 0.1) is 0 Å². The van der Waals surface area contributed by atoms with Crippen molar-refractivity contribution in [3.63, 3.8) is 0 Å². The minimum absolute atomic E-state index is 0.00344. The first kappa shape index (κ1) is 22.0. The SMILES string of the molecule is O=S(=O)(O)C(c1cccc(Cl)c1)(c1ccc(O)c(O)c1)c1c(Cl)cc(Cl)cc1Cl. The maximum absolute atomic E-state index is 13.0. The van der Waals surface area contributed by atoms with Crippen molar-refractivity contribution in [3.05, 3.63) is 91.4 Å². The Kier molecular flexibility index (Phi) is 5.98. The van der Waals surface area contributed by atoms with Crippen molar-refractivity contribution in [2.75, 3.05) is 0 Å². The Bertz CT molecular complexity index is 1190. The molecule has 1 unspecified atom stereocenters. The van der Waals surface area contributed by atoms with Gasteiger partial charge >= 0.3 is 0 Å². The molecule has 0 radical (unpaired) electrons. The minimum Gasteiger partial charge on any atom is -0.504 e. The zero-order chi connectivity index (χ0) is 21.6. The third-order valence-corrected chi connectivity index (χ3v) is 6.86. The maximum Gasteiger partial charge on any atom is 0.283 e. The second-order valence-corrected chi connectivity index (χ2v) is 9.36. The van der Waals surface area contributed by atoms with Crippen LogP contribution in [0, 0.1) is 0 Å². The van der Waals surface area contributed by atoms with Gasteiger partial charge in [0.15, 0.2) is 16.2 Å². The molecule has 152 valence electrons. The molecule has 10 heteroatoms. The van der Waals surface area contributed by atoms with E-state index in [4.69, 9.17) is 46.4 Å². The first-order valence-corrected chi connectivity index (χ1v) is 10.8. The number of hydrogen-bond acceptors (Lipinski definition) is 4. The van der Waals surface area contributed by atoms with E-state index in [0.29, 0.717) is 0 Å². The van der Waals surface area contributed by atoms with Gasteiger partial charge in [-0.15, -0.1) is 0 Å². The molecule has 0 aliphatic rings. The van der Waals surface area contributed by atoms with Crippen molar-refractivity contribution in [3.8, 4) is 11.5 Å². The molecule has 29 heavy (non-hydrogen) atoms. The van der Waals surface area contributed by atoms with E-state index in [1.807, 2.05) is 0 Å². The molecule has 3 N–H and O–H groups in total. The largest absolute Gasteiger partial charge is 0.504 e. The summed E-state index contributed by atoms with van der Waals surface area (Å²) >= 11 is 24.8. The van der Waals surface area contributed by atoms with Crippen molar-refractivity contribution in [1.82, 2.24) is 0 Å². The average Bonchev–Trinajstić information content (AvgIpc) is 2.59. The van der Waals surface area contributed by atoms with Gasteiger partial charge in [-0.1, -0.05) is 64.6 Å². The lowest BCUT2D eigenvalue weighted by atomic mass is 9.83. The number of hydrogen-bond donors (Lipinski definition) is 3. The Morgan fingerprint density at radius 3 is 1.83 bits per heavy atom. The van der Waals surface area contributed by atoms with Gasteiger partial charge < -0.3 is 10.2 Å². The molecule has 1 atom stereocenters. The summed E-state index contributed by atoms with van der Waals surface area (Å²) in [5.74, 6) is -1.10. The monoisotopic (exact) mass is 492 g/mol. The Hall–Kier alpha value is -1.67. The van der Waals surface area contributed by atoms with Crippen LogP contribution in [0.15, 0.2) is 54.6 Å². The van der Waals surface area contributed by atoms with Gasteiger partial charge in [-0.2, -0.15) is 8.42 Å². The predicted molar refractivity (Wildman–Crippen MR) is 114 cm³/mol. The van der Waals surface area contributed by atoms with Gasteiger partial charge in [0.2, 0.25) is 0 Å². The first-order chi connectivity index (χ1) is 13.5.